The van der Waals surface area contributed by atoms with E-state index in [-0.39, 0.29) is 5.88 Å². The molecule has 0 saturated heterocycles. The number of nitro groups is 1. The highest BCUT2D eigenvalue weighted by Crippen LogP contribution is 2.32. The summed E-state index contributed by atoms with van der Waals surface area (Å²) in [7, 11) is 4.27. The van der Waals surface area contributed by atoms with Crippen molar-refractivity contribution in [3.8, 4) is 5.75 Å². The van der Waals surface area contributed by atoms with Crippen LogP contribution in [0.4, 0.5) is 5.88 Å². The van der Waals surface area contributed by atoms with Gasteiger partial charge in [-0.15, -0.1) is 0 Å². The molecule has 0 unspecified atom stereocenters. The highest BCUT2D eigenvalue weighted by molar-refractivity contribution is 6.31. The van der Waals surface area contributed by atoms with Crippen LogP contribution in [0.5, 0.6) is 5.75 Å². The molecular weight excluding hydrogens is 428 g/mol. The van der Waals surface area contributed by atoms with E-state index in [1.54, 1.807) is 6.07 Å². The van der Waals surface area contributed by atoms with Crippen molar-refractivity contribution in [3.05, 3.63) is 56.3 Å². The molecule has 1 heterocycles. The monoisotopic (exact) mass is 465 g/mol. The second-order valence-corrected chi connectivity index (χ2v) is 9.99. The SMILES string of the molecule is Cc1cc(OCCCCCCCC[N+](C)(C)Cc2ccc([N+](=O)[O-])o2)c(C(C)C)cc1Cl. The minimum atomic E-state index is -0.492. The van der Waals surface area contributed by atoms with Crippen LogP contribution < -0.4 is 4.74 Å². The fraction of sp³-hybridized carbons (Fsp3) is 0.600. The number of benzene rings is 1. The molecule has 0 aliphatic heterocycles. The first-order valence-electron chi connectivity index (χ1n) is 11.6. The summed E-state index contributed by atoms with van der Waals surface area (Å²) in [6.45, 7) is 8.75. The van der Waals surface area contributed by atoms with E-state index >= 15 is 0 Å². The Labute approximate surface area is 197 Å². The molecule has 0 saturated carbocycles. The van der Waals surface area contributed by atoms with Crippen molar-refractivity contribution in [1.82, 2.24) is 0 Å². The van der Waals surface area contributed by atoms with Gasteiger partial charge in [0.15, 0.2) is 5.76 Å². The normalized spacial score (nSPS) is 11.8. The van der Waals surface area contributed by atoms with Gasteiger partial charge in [0.05, 0.1) is 33.3 Å². The summed E-state index contributed by atoms with van der Waals surface area (Å²) in [5.74, 6) is 1.83. The average molecular weight is 466 g/mol. The van der Waals surface area contributed by atoms with Crippen molar-refractivity contribution in [2.45, 2.75) is 71.8 Å². The Kier molecular flexibility index (Phi) is 10.0. The lowest BCUT2D eigenvalue weighted by molar-refractivity contribution is -0.904. The number of aryl methyl sites for hydroxylation is 1. The molecule has 1 aromatic carbocycles. The molecule has 6 nitrogen and oxygen atoms in total. The van der Waals surface area contributed by atoms with E-state index in [1.165, 1.54) is 30.9 Å². The number of furan rings is 1. The van der Waals surface area contributed by atoms with Gasteiger partial charge >= 0.3 is 5.88 Å². The first-order valence-corrected chi connectivity index (χ1v) is 11.9. The molecule has 0 aliphatic carbocycles. The van der Waals surface area contributed by atoms with Gasteiger partial charge in [-0.3, -0.25) is 10.1 Å². The van der Waals surface area contributed by atoms with Crippen LogP contribution in [0.3, 0.4) is 0 Å². The van der Waals surface area contributed by atoms with Crippen LogP contribution in [0.15, 0.2) is 28.7 Å². The first-order chi connectivity index (χ1) is 15.1. The highest BCUT2D eigenvalue weighted by atomic mass is 35.5. The Morgan fingerprint density at radius 2 is 1.75 bits per heavy atom. The molecular formula is C25H38ClN2O4+. The van der Waals surface area contributed by atoms with Crippen LogP contribution in [0, 0.1) is 17.0 Å². The molecule has 0 amide bonds. The predicted molar refractivity (Wildman–Crippen MR) is 130 cm³/mol. The van der Waals surface area contributed by atoms with Crippen LogP contribution in [0.25, 0.3) is 0 Å². The van der Waals surface area contributed by atoms with Crippen molar-refractivity contribution < 1.29 is 18.6 Å². The van der Waals surface area contributed by atoms with Gasteiger partial charge < -0.3 is 13.6 Å². The largest absolute Gasteiger partial charge is 0.493 e. The Morgan fingerprint density at radius 1 is 1.09 bits per heavy atom. The molecule has 0 atom stereocenters. The molecule has 32 heavy (non-hydrogen) atoms. The standard InChI is InChI=1S/C25H38ClN2O4/c1-19(2)22-17-23(26)20(3)16-24(22)31-15-11-9-7-6-8-10-14-28(4,5)18-21-12-13-25(32-21)27(29)30/h12-13,16-17,19H,6-11,14-15,18H2,1-5H3/q+1. The number of rotatable bonds is 14. The number of hydrogen-bond acceptors (Lipinski definition) is 4. The van der Waals surface area contributed by atoms with Gasteiger partial charge in [0.25, 0.3) is 0 Å². The summed E-state index contributed by atoms with van der Waals surface area (Å²) in [4.78, 5) is 10.3. The fourth-order valence-corrected chi connectivity index (χ4v) is 4.00. The maximum Gasteiger partial charge on any atom is 0.433 e. The van der Waals surface area contributed by atoms with Crippen molar-refractivity contribution >= 4 is 17.5 Å². The third-order valence-electron chi connectivity index (χ3n) is 5.74. The smallest absolute Gasteiger partial charge is 0.433 e. The topological polar surface area (TPSA) is 65.5 Å². The molecule has 2 aromatic rings. The zero-order valence-corrected chi connectivity index (χ0v) is 20.9. The Balaban J connectivity index is 1.59. The third-order valence-corrected chi connectivity index (χ3v) is 6.15. The van der Waals surface area contributed by atoms with Crippen molar-refractivity contribution in [3.63, 3.8) is 0 Å². The lowest BCUT2D eigenvalue weighted by Crippen LogP contribution is -2.39. The first kappa shape index (κ1) is 26.2. The summed E-state index contributed by atoms with van der Waals surface area (Å²) in [5.41, 5.74) is 2.23. The minimum Gasteiger partial charge on any atom is -0.493 e. The van der Waals surface area contributed by atoms with Crippen LogP contribution in [-0.2, 0) is 6.54 Å². The van der Waals surface area contributed by atoms with Crippen LogP contribution in [0.1, 0.15) is 75.2 Å². The second-order valence-electron chi connectivity index (χ2n) is 9.58. The number of ether oxygens (including phenoxy) is 1. The molecule has 0 aliphatic rings. The highest BCUT2D eigenvalue weighted by Gasteiger charge is 2.20. The van der Waals surface area contributed by atoms with Gasteiger partial charge in [-0.25, -0.2) is 0 Å². The fourth-order valence-electron chi connectivity index (χ4n) is 3.83. The Hall–Kier alpha value is -2.05. The van der Waals surface area contributed by atoms with Crippen molar-refractivity contribution in [2.75, 3.05) is 27.2 Å². The lowest BCUT2D eigenvalue weighted by atomic mass is 10.0. The van der Waals surface area contributed by atoms with Gasteiger partial charge in [0, 0.05) is 5.02 Å². The van der Waals surface area contributed by atoms with Crippen LogP contribution >= 0.6 is 11.6 Å². The quantitative estimate of drug-likeness (QED) is 0.127. The van der Waals surface area contributed by atoms with Gasteiger partial charge in [0.2, 0.25) is 0 Å². The number of hydrogen-bond donors (Lipinski definition) is 0. The summed E-state index contributed by atoms with van der Waals surface area (Å²) in [6.07, 6.45) is 6.96. The zero-order chi connectivity index (χ0) is 23.7. The molecule has 178 valence electrons. The average Bonchev–Trinajstić information content (AvgIpc) is 3.16. The maximum atomic E-state index is 10.8. The van der Waals surface area contributed by atoms with E-state index < -0.39 is 4.92 Å². The lowest BCUT2D eigenvalue weighted by Gasteiger charge is -2.28. The molecule has 1 aromatic heterocycles. The maximum absolute atomic E-state index is 10.8. The zero-order valence-electron chi connectivity index (χ0n) is 20.2. The molecule has 0 bridgehead atoms. The van der Waals surface area contributed by atoms with E-state index in [9.17, 15) is 10.1 Å². The van der Waals surface area contributed by atoms with Crippen LogP contribution in [0.2, 0.25) is 5.02 Å². The molecule has 0 spiro atoms. The molecule has 0 N–H and O–H groups in total. The van der Waals surface area contributed by atoms with E-state index in [4.69, 9.17) is 20.8 Å². The summed E-state index contributed by atoms with van der Waals surface area (Å²) in [5, 5.41) is 11.6. The van der Waals surface area contributed by atoms with Gasteiger partial charge in [-0.2, -0.15) is 0 Å². The van der Waals surface area contributed by atoms with E-state index in [0.717, 1.165) is 53.2 Å². The summed E-state index contributed by atoms with van der Waals surface area (Å²) >= 11 is 6.27. The summed E-state index contributed by atoms with van der Waals surface area (Å²) in [6, 6.07) is 7.22. The van der Waals surface area contributed by atoms with E-state index in [2.05, 4.69) is 34.0 Å². The molecule has 2 rings (SSSR count). The van der Waals surface area contributed by atoms with Gasteiger partial charge in [-0.1, -0.05) is 44.7 Å². The van der Waals surface area contributed by atoms with Gasteiger partial charge in [-0.05, 0) is 61.4 Å². The predicted octanol–water partition coefficient (Wildman–Crippen LogP) is 7.27. The Bertz CT molecular complexity index is 877. The van der Waals surface area contributed by atoms with Crippen molar-refractivity contribution in [1.29, 1.82) is 0 Å². The molecule has 0 radical (unpaired) electrons. The second kappa shape index (κ2) is 12.3. The van der Waals surface area contributed by atoms with Crippen LogP contribution in [-0.4, -0.2) is 36.7 Å². The van der Waals surface area contributed by atoms with Crippen molar-refractivity contribution in [2.24, 2.45) is 0 Å². The molecule has 7 heteroatoms. The molecule has 0 fully saturated rings. The number of quaternary nitrogens is 1. The number of nitrogens with zero attached hydrogens (tertiary/aromatic N) is 2. The summed E-state index contributed by atoms with van der Waals surface area (Å²) < 4.78 is 12.1. The van der Waals surface area contributed by atoms with E-state index in [1.807, 2.05) is 13.0 Å². The number of unbranched alkanes of at least 4 members (excludes halogenated alkanes) is 5. The Morgan fingerprint density at radius 3 is 2.38 bits per heavy atom. The number of halogens is 1. The van der Waals surface area contributed by atoms with E-state index in [0.29, 0.717) is 18.2 Å². The van der Waals surface area contributed by atoms with Gasteiger partial charge in [0.1, 0.15) is 17.2 Å². The minimum absolute atomic E-state index is 0.185. The third kappa shape index (κ3) is 8.47.